The van der Waals surface area contributed by atoms with E-state index in [9.17, 15) is 14.4 Å². The van der Waals surface area contributed by atoms with E-state index in [0.29, 0.717) is 37.5 Å². The predicted octanol–water partition coefficient (Wildman–Crippen LogP) is 2.07. The number of ether oxygens (including phenoxy) is 1. The number of aromatic amines is 1. The average Bonchev–Trinajstić information content (AvgIpc) is 3.69. The molecule has 3 amide bonds. The molecule has 234 valence electrons. The fourth-order valence-electron chi connectivity index (χ4n) is 5.60. The second-order valence-corrected chi connectivity index (χ2v) is 11.6. The van der Waals surface area contributed by atoms with Crippen LogP contribution in [0.5, 0.6) is 6.01 Å². The first-order valence-electron chi connectivity index (χ1n) is 14.9. The van der Waals surface area contributed by atoms with Crippen molar-refractivity contribution in [2.24, 2.45) is 13.0 Å². The number of nitrogens with one attached hydrogen (secondary N) is 3. The summed E-state index contributed by atoms with van der Waals surface area (Å²) in [7, 11) is 3.11. The maximum absolute atomic E-state index is 13.9. The Bertz CT molecular complexity index is 1640. The summed E-state index contributed by atoms with van der Waals surface area (Å²) in [6, 6.07) is 6.80. The van der Waals surface area contributed by atoms with E-state index in [1.165, 1.54) is 11.8 Å². The lowest BCUT2D eigenvalue weighted by atomic mass is 10.0. The highest BCUT2D eigenvalue weighted by Gasteiger charge is 2.30. The Morgan fingerprint density at radius 3 is 2.61 bits per heavy atom. The summed E-state index contributed by atoms with van der Waals surface area (Å²) in [5.74, 6) is 0.466. The number of methoxy groups -OCH3 is 1. The number of rotatable bonds is 6. The van der Waals surface area contributed by atoms with Crippen molar-refractivity contribution in [3.05, 3.63) is 53.5 Å². The van der Waals surface area contributed by atoms with E-state index in [0.717, 1.165) is 16.5 Å². The summed E-state index contributed by atoms with van der Waals surface area (Å²) in [5, 5.41) is 16.0. The smallest absolute Gasteiger partial charge is 0.314 e. The number of benzene rings is 1. The molecule has 1 aliphatic rings. The number of amides is 3. The van der Waals surface area contributed by atoms with Crippen LogP contribution in [0.25, 0.3) is 10.9 Å². The van der Waals surface area contributed by atoms with Crippen LogP contribution in [0.1, 0.15) is 67.0 Å². The Hall–Kier alpha value is -4.75. The van der Waals surface area contributed by atoms with Crippen LogP contribution in [0.2, 0.25) is 0 Å². The van der Waals surface area contributed by atoms with Gasteiger partial charge in [-0.2, -0.15) is 10.1 Å². The molecule has 0 unspecified atom stereocenters. The fraction of sp³-hybridized carbons (Fsp3) is 0.500. The lowest BCUT2D eigenvalue weighted by molar-refractivity contribution is -0.129. The summed E-state index contributed by atoms with van der Waals surface area (Å²) >= 11 is 0. The summed E-state index contributed by atoms with van der Waals surface area (Å²) < 4.78 is 8.35. The van der Waals surface area contributed by atoms with Crippen LogP contribution >= 0.6 is 0 Å². The summed E-state index contributed by atoms with van der Waals surface area (Å²) in [5.41, 5.74) is 1.89. The Morgan fingerprint density at radius 1 is 1.07 bits per heavy atom. The molecule has 0 aliphatic carbocycles. The molecule has 3 aromatic heterocycles. The Balaban J connectivity index is 1.47. The third-order valence-corrected chi connectivity index (χ3v) is 7.69. The van der Waals surface area contributed by atoms with Crippen molar-refractivity contribution < 1.29 is 19.1 Å². The molecule has 4 aromatic rings. The van der Waals surface area contributed by atoms with Crippen LogP contribution in [-0.2, 0) is 29.6 Å². The molecule has 0 fully saturated rings. The Labute approximate surface area is 255 Å². The molecule has 5 rings (SSSR count). The first-order valence-corrected chi connectivity index (χ1v) is 14.9. The summed E-state index contributed by atoms with van der Waals surface area (Å²) in [4.78, 5) is 54.4. The minimum Gasteiger partial charge on any atom is -0.467 e. The molecule has 0 spiro atoms. The van der Waals surface area contributed by atoms with E-state index in [2.05, 4.69) is 44.6 Å². The van der Waals surface area contributed by atoms with E-state index in [1.807, 2.05) is 30.5 Å². The molecule has 0 radical (unpaired) electrons. The molecule has 0 saturated heterocycles. The van der Waals surface area contributed by atoms with Crippen molar-refractivity contribution in [2.75, 3.05) is 20.2 Å². The third-order valence-electron chi connectivity index (χ3n) is 7.69. The van der Waals surface area contributed by atoms with E-state index in [4.69, 9.17) is 9.72 Å². The van der Waals surface area contributed by atoms with Crippen molar-refractivity contribution in [3.8, 4) is 6.01 Å². The highest BCUT2D eigenvalue weighted by atomic mass is 16.5. The fourth-order valence-corrected chi connectivity index (χ4v) is 5.60. The second kappa shape index (κ2) is 13.3. The molecule has 14 nitrogen and oxygen atoms in total. The van der Waals surface area contributed by atoms with Gasteiger partial charge in [0.25, 0.3) is 5.91 Å². The van der Waals surface area contributed by atoms with Gasteiger partial charge in [-0.25, -0.2) is 14.3 Å². The molecule has 0 bridgehead atoms. The minimum atomic E-state index is -0.820. The van der Waals surface area contributed by atoms with Gasteiger partial charge >= 0.3 is 6.01 Å². The maximum atomic E-state index is 13.9. The molecule has 3 N–H and O–H groups in total. The highest BCUT2D eigenvalue weighted by Crippen LogP contribution is 2.23. The molecule has 14 heteroatoms. The predicted molar refractivity (Wildman–Crippen MR) is 162 cm³/mol. The van der Waals surface area contributed by atoms with Gasteiger partial charge in [-0.1, -0.05) is 32.0 Å². The first-order chi connectivity index (χ1) is 21.1. The van der Waals surface area contributed by atoms with E-state index in [-0.39, 0.29) is 55.0 Å². The summed E-state index contributed by atoms with van der Waals surface area (Å²) in [6.07, 6.45) is 3.30. The van der Waals surface area contributed by atoms with Gasteiger partial charge in [0.1, 0.15) is 17.7 Å². The Morgan fingerprint density at radius 2 is 1.86 bits per heavy atom. The quantitative estimate of drug-likeness (QED) is 0.301. The standard InChI is InChI=1S/C30H40N10O4/c1-18(2)15-23-27-32-19(3)36-40(27)14-13-39(29(43)26-35-30(44-5)38(4)37-26)12-8-11-25(41)33-24(28(42)34-23)16-20-17-31-22-10-7-6-9-21(20)22/h6-7,9-10,17-18,23-24,31H,8,11-16H2,1-5H3,(H,33,41)(H,34,42)/t23-,24+/m0/s1. The van der Waals surface area contributed by atoms with Crippen LogP contribution in [0, 0.1) is 12.8 Å². The molecule has 1 aromatic carbocycles. The van der Waals surface area contributed by atoms with Gasteiger partial charge in [-0.3, -0.25) is 14.4 Å². The molecule has 1 aliphatic heterocycles. The monoisotopic (exact) mass is 604 g/mol. The van der Waals surface area contributed by atoms with E-state index in [1.54, 1.807) is 23.6 Å². The van der Waals surface area contributed by atoms with Crippen LogP contribution < -0.4 is 15.4 Å². The molecule has 0 saturated carbocycles. The van der Waals surface area contributed by atoms with Crippen molar-refractivity contribution >= 4 is 28.6 Å². The minimum absolute atomic E-state index is 0.00801. The van der Waals surface area contributed by atoms with Crippen LogP contribution in [-0.4, -0.2) is 83.4 Å². The SMILES string of the molecule is COc1nc(C(=O)N2CCCC(=O)N[C@H](Cc3c[nH]c4ccccc34)C(=O)N[C@@H](CC(C)C)c3nc(C)nn3CC2)nn1C. The van der Waals surface area contributed by atoms with Crippen molar-refractivity contribution in [1.82, 2.24) is 50.0 Å². The van der Waals surface area contributed by atoms with Gasteiger partial charge in [-0.15, -0.1) is 5.10 Å². The number of aromatic nitrogens is 7. The zero-order valence-corrected chi connectivity index (χ0v) is 25.8. The molecular formula is C30H40N10O4. The number of carbonyl (C=O) groups is 3. The zero-order chi connectivity index (χ0) is 31.4. The lowest BCUT2D eigenvalue weighted by Crippen LogP contribution is -2.49. The number of H-pyrrole nitrogens is 1. The van der Waals surface area contributed by atoms with Crippen LogP contribution in [0.3, 0.4) is 0 Å². The van der Waals surface area contributed by atoms with Crippen molar-refractivity contribution in [1.29, 1.82) is 0 Å². The zero-order valence-electron chi connectivity index (χ0n) is 25.8. The van der Waals surface area contributed by atoms with Gasteiger partial charge < -0.3 is 25.3 Å². The van der Waals surface area contributed by atoms with Crippen molar-refractivity contribution in [3.63, 3.8) is 0 Å². The number of carbonyl (C=O) groups excluding carboxylic acids is 3. The first kappa shape index (κ1) is 30.7. The number of para-hydroxylation sites is 1. The largest absolute Gasteiger partial charge is 0.467 e. The van der Waals surface area contributed by atoms with Gasteiger partial charge in [0, 0.05) is 50.1 Å². The van der Waals surface area contributed by atoms with Crippen LogP contribution in [0.4, 0.5) is 0 Å². The molecular weight excluding hydrogens is 564 g/mol. The van der Waals surface area contributed by atoms with Crippen LogP contribution in [0.15, 0.2) is 30.5 Å². The number of hydrogen-bond donors (Lipinski definition) is 3. The maximum Gasteiger partial charge on any atom is 0.314 e. The summed E-state index contributed by atoms with van der Waals surface area (Å²) in [6.45, 7) is 6.85. The van der Waals surface area contributed by atoms with E-state index < -0.39 is 12.1 Å². The number of hydrogen-bond acceptors (Lipinski definition) is 8. The molecule has 44 heavy (non-hydrogen) atoms. The Kier molecular flexibility index (Phi) is 9.26. The van der Waals surface area contributed by atoms with Gasteiger partial charge in [-0.05, 0) is 37.3 Å². The topological polar surface area (TPSA) is 165 Å². The highest BCUT2D eigenvalue weighted by molar-refractivity contribution is 5.91. The van der Waals surface area contributed by atoms with Gasteiger partial charge in [0.2, 0.25) is 17.6 Å². The molecule has 2 atom stereocenters. The van der Waals surface area contributed by atoms with E-state index >= 15 is 0 Å². The number of nitrogens with zero attached hydrogens (tertiary/aromatic N) is 7. The molecule has 4 heterocycles. The number of fused-ring (bicyclic) bond motifs is 2. The van der Waals surface area contributed by atoms with Crippen molar-refractivity contribution in [2.45, 2.75) is 65.1 Å². The second-order valence-electron chi connectivity index (χ2n) is 11.6. The normalized spacial score (nSPS) is 18.5. The number of aryl methyl sites for hydroxylation is 2. The lowest BCUT2D eigenvalue weighted by Gasteiger charge is -2.26. The van der Waals surface area contributed by atoms with Gasteiger partial charge in [0.15, 0.2) is 0 Å². The van der Waals surface area contributed by atoms with Gasteiger partial charge in [0.05, 0.1) is 19.7 Å². The average molecular weight is 605 g/mol. The third kappa shape index (κ3) is 6.90.